The summed E-state index contributed by atoms with van der Waals surface area (Å²) in [7, 11) is 0. The van der Waals surface area contributed by atoms with Crippen molar-refractivity contribution in [1.29, 1.82) is 0 Å². The zero-order chi connectivity index (χ0) is 7.56. The van der Waals surface area contributed by atoms with Crippen molar-refractivity contribution in [3.8, 4) is 0 Å². The Morgan fingerprint density at radius 1 is 1.50 bits per heavy atom. The van der Waals surface area contributed by atoms with Crippen LogP contribution in [-0.2, 0) is 11.1 Å². The van der Waals surface area contributed by atoms with Crippen molar-refractivity contribution in [2.45, 2.75) is 9.79 Å². The van der Waals surface area contributed by atoms with Crippen molar-refractivity contribution in [3.05, 3.63) is 24.3 Å². The maximum atomic E-state index is 10.4. The topological polar surface area (TPSA) is 37.3 Å². The molecule has 4 heteroatoms. The van der Waals surface area contributed by atoms with Crippen LogP contribution in [0.15, 0.2) is 34.1 Å². The lowest BCUT2D eigenvalue weighted by molar-refractivity contribution is 0.564. The molecule has 1 aromatic carbocycles. The van der Waals surface area contributed by atoms with E-state index in [9.17, 15) is 4.21 Å². The molecule has 1 aromatic rings. The lowest BCUT2D eigenvalue weighted by Crippen LogP contribution is -1.86. The van der Waals surface area contributed by atoms with Gasteiger partial charge in [-0.2, -0.15) is 0 Å². The van der Waals surface area contributed by atoms with E-state index in [1.54, 1.807) is 24.3 Å². The van der Waals surface area contributed by atoms with Crippen molar-refractivity contribution in [2.24, 2.45) is 0 Å². The summed E-state index contributed by atoms with van der Waals surface area (Å²) < 4.78 is 19.0. The van der Waals surface area contributed by atoms with E-state index in [1.165, 1.54) is 0 Å². The first-order valence-corrected chi connectivity index (χ1v) is 4.15. The van der Waals surface area contributed by atoms with Crippen LogP contribution >= 0.6 is 12.6 Å². The first-order chi connectivity index (χ1) is 4.70. The predicted molar refractivity (Wildman–Crippen MR) is 42.7 cm³/mol. The van der Waals surface area contributed by atoms with Gasteiger partial charge in [-0.05, 0) is 18.2 Å². The van der Waals surface area contributed by atoms with E-state index < -0.39 is 11.1 Å². The molecule has 0 heterocycles. The summed E-state index contributed by atoms with van der Waals surface area (Å²) >= 11 is 2.12. The Balaban J connectivity index is 3.07. The van der Waals surface area contributed by atoms with Crippen LogP contribution in [0.5, 0.6) is 0 Å². The van der Waals surface area contributed by atoms with Gasteiger partial charge in [-0.25, -0.2) is 4.21 Å². The van der Waals surface area contributed by atoms with Gasteiger partial charge in [-0.3, -0.25) is 0 Å². The van der Waals surface area contributed by atoms with E-state index in [0.717, 1.165) is 0 Å². The molecular weight excluding hydrogens is 168 g/mol. The number of hydrogen-bond donors (Lipinski definition) is 2. The molecule has 2 nitrogen and oxygen atoms in total. The summed E-state index contributed by atoms with van der Waals surface area (Å²) in [5.74, 6) is 0. The highest BCUT2D eigenvalue weighted by Gasteiger charge is 1.97. The van der Waals surface area contributed by atoms with E-state index >= 15 is 0 Å². The van der Waals surface area contributed by atoms with Gasteiger partial charge in [0.05, 0.1) is 4.90 Å². The fourth-order valence-electron chi connectivity index (χ4n) is 0.592. The Morgan fingerprint density at radius 3 is 2.60 bits per heavy atom. The Kier molecular flexibility index (Phi) is 2.48. The van der Waals surface area contributed by atoms with Crippen molar-refractivity contribution < 1.29 is 8.76 Å². The third kappa shape index (κ3) is 1.83. The maximum Gasteiger partial charge on any atom is 0.186 e. The summed E-state index contributed by atoms with van der Waals surface area (Å²) in [6, 6.07) is 6.57. The zero-order valence-electron chi connectivity index (χ0n) is 5.02. The van der Waals surface area contributed by atoms with E-state index in [-0.39, 0.29) is 0 Å². The molecule has 0 spiro atoms. The first-order valence-electron chi connectivity index (χ1n) is 2.60. The van der Waals surface area contributed by atoms with Gasteiger partial charge >= 0.3 is 0 Å². The molecule has 0 aliphatic rings. The molecule has 0 aliphatic heterocycles. The molecule has 1 N–H and O–H groups in total. The molecule has 0 saturated carbocycles. The zero-order valence-corrected chi connectivity index (χ0v) is 6.73. The summed E-state index contributed by atoms with van der Waals surface area (Å²) in [6.45, 7) is 0. The first kappa shape index (κ1) is 7.78. The Labute approximate surface area is 67.0 Å². The van der Waals surface area contributed by atoms with Crippen molar-refractivity contribution in [3.63, 3.8) is 0 Å². The SMILES string of the molecule is O=S(O)c1cccc(S)c1. The highest BCUT2D eigenvalue weighted by atomic mass is 32.2. The van der Waals surface area contributed by atoms with Crippen LogP contribution in [0.4, 0.5) is 0 Å². The Bertz CT molecular complexity index is 260. The molecule has 1 unspecified atom stereocenters. The quantitative estimate of drug-likeness (QED) is 0.501. The summed E-state index contributed by atoms with van der Waals surface area (Å²) in [5, 5.41) is 0. The van der Waals surface area contributed by atoms with Crippen LogP contribution < -0.4 is 0 Å². The summed E-state index contributed by atoms with van der Waals surface area (Å²) in [6.07, 6.45) is 0. The van der Waals surface area contributed by atoms with Gasteiger partial charge < -0.3 is 4.55 Å². The maximum absolute atomic E-state index is 10.4. The summed E-state index contributed by atoms with van der Waals surface area (Å²) in [4.78, 5) is 1.08. The lowest BCUT2D eigenvalue weighted by atomic mass is 10.4. The van der Waals surface area contributed by atoms with Crippen LogP contribution in [0.1, 0.15) is 0 Å². The highest BCUT2D eigenvalue weighted by Crippen LogP contribution is 2.10. The molecule has 10 heavy (non-hydrogen) atoms. The minimum Gasteiger partial charge on any atom is -0.302 e. The summed E-state index contributed by atoms with van der Waals surface area (Å²) in [5.41, 5.74) is 0. The lowest BCUT2D eigenvalue weighted by Gasteiger charge is -1.93. The number of hydrogen-bond acceptors (Lipinski definition) is 2. The van der Waals surface area contributed by atoms with Gasteiger partial charge in [0.25, 0.3) is 0 Å². The number of rotatable bonds is 1. The monoisotopic (exact) mass is 174 g/mol. The molecule has 54 valence electrons. The van der Waals surface area contributed by atoms with E-state index in [2.05, 4.69) is 12.6 Å². The smallest absolute Gasteiger partial charge is 0.186 e. The Morgan fingerprint density at radius 2 is 2.20 bits per heavy atom. The number of benzene rings is 1. The molecule has 0 bridgehead atoms. The molecule has 0 aromatic heterocycles. The average molecular weight is 174 g/mol. The third-order valence-electron chi connectivity index (χ3n) is 1.02. The fraction of sp³-hybridized carbons (Fsp3) is 0. The molecule has 0 radical (unpaired) electrons. The largest absolute Gasteiger partial charge is 0.302 e. The molecule has 0 amide bonds. The van der Waals surface area contributed by atoms with Crippen molar-refractivity contribution in [2.75, 3.05) is 0 Å². The minimum atomic E-state index is -1.89. The van der Waals surface area contributed by atoms with E-state index in [0.29, 0.717) is 9.79 Å². The van der Waals surface area contributed by atoms with E-state index in [1.807, 2.05) is 0 Å². The third-order valence-corrected chi connectivity index (χ3v) is 1.95. The molecule has 1 atom stereocenters. The van der Waals surface area contributed by atoms with Crippen molar-refractivity contribution in [1.82, 2.24) is 0 Å². The Hall–Kier alpha value is -0.320. The van der Waals surface area contributed by atoms with Gasteiger partial charge in [0.15, 0.2) is 11.1 Å². The second kappa shape index (κ2) is 3.18. The molecule has 1 rings (SSSR count). The van der Waals surface area contributed by atoms with Crippen LogP contribution in [-0.4, -0.2) is 8.76 Å². The molecular formula is C6H6O2S2. The van der Waals surface area contributed by atoms with Gasteiger partial charge in [-0.1, -0.05) is 6.07 Å². The second-order valence-electron chi connectivity index (χ2n) is 1.75. The normalized spacial score (nSPS) is 13.0. The van der Waals surface area contributed by atoms with Crippen molar-refractivity contribution >= 4 is 23.7 Å². The second-order valence-corrected chi connectivity index (χ2v) is 3.23. The van der Waals surface area contributed by atoms with Crippen LogP contribution in [0.3, 0.4) is 0 Å². The van der Waals surface area contributed by atoms with Crippen LogP contribution in [0.2, 0.25) is 0 Å². The van der Waals surface area contributed by atoms with Gasteiger partial charge in [-0.15, -0.1) is 12.6 Å². The minimum absolute atomic E-state index is 0.382. The van der Waals surface area contributed by atoms with Gasteiger partial charge in [0.2, 0.25) is 0 Å². The predicted octanol–water partition coefficient (Wildman–Crippen LogP) is 1.56. The molecule has 0 fully saturated rings. The standard InChI is InChI=1S/C6H6O2S2/c7-10(8)6-3-1-2-5(9)4-6/h1-4,9H,(H,7,8). The number of thiol groups is 1. The molecule has 0 saturated heterocycles. The van der Waals surface area contributed by atoms with Gasteiger partial charge in [0, 0.05) is 4.90 Å². The van der Waals surface area contributed by atoms with E-state index in [4.69, 9.17) is 4.55 Å². The van der Waals surface area contributed by atoms with Crippen LogP contribution in [0, 0.1) is 0 Å². The van der Waals surface area contributed by atoms with Crippen LogP contribution in [0.25, 0.3) is 0 Å². The molecule has 0 aliphatic carbocycles. The van der Waals surface area contributed by atoms with Gasteiger partial charge in [0.1, 0.15) is 0 Å². The average Bonchev–Trinajstić information content (AvgIpc) is 1.88. The highest BCUT2D eigenvalue weighted by molar-refractivity contribution is 7.80. The fourth-order valence-corrected chi connectivity index (χ4v) is 1.33.